The highest BCUT2D eigenvalue weighted by molar-refractivity contribution is 6.35. The number of carbonyl (C=O) groups is 2. The predicted octanol–water partition coefficient (Wildman–Crippen LogP) is 4.60. The Morgan fingerprint density at radius 2 is 1.13 bits per heavy atom. The standard InChI is InChI=1S/C20H16N6O4/c1-9-5-3-7-11-13(9)21-17(27)15(11)23-25-19(29)20(30)26-24-16-12-8-4-6-10(2)14(12)22-18(16)28/h3-8,21-22,27-28H,1-2H3. The van der Waals surface area contributed by atoms with Crippen LogP contribution in [0.5, 0.6) is 11.8 Å². The lowest BCUT2D eigenvalue weighted by atomic mass is 10.1. The van der Waals surface area contributed by atoms with E-state index in [1.54, 1.807) is 24.3 Å². The van der Waals surface area contributed by atoms with E-state index >= 15 is 0 Å². The molecule has 2 aromatic carbocycles. The first kappa shape index (κ1) is 19.0. The molecule has 4 aromatic rings. The minimum atomic E-state index is -1.27. The Hall–Kier alpha value is -4.34. The van der Waals surface area contributed by atoms with Crippen LogP contribution >= 0.6 is 0 Å². The molecule has 0 saturated carbocycles. The summed E-state index contributed by atoms with van der Waals surface area (Å²) in [7, 11) is 0. The number of fused-ring (bicyclic) bond motifs is 2. The van der Waals surface area contributed by atoms with E-state index in [2.05, 4.69) is 30.4 Å². The van der Waals surface area contributed by atoms with E-state index in [9.17, 15) is 19.8 Å². The molecule has 4 rings (SSSR count). The molecule has 150 valence electrons. The van der Waals surface area contributed by atoms with Crippen molar-refractivity contribution in [2.45, 2.75) is 13.8 Å². The Morgan fingerprint density at radius 1 is 0.733 bits per heavy atom. The van der Waals surface area contributed by atoms with E-state index in [1.165, 1.54) is 0 Å². The lowest BCUT2D eigenvalue weighted by Crippen LogP contribution is -2.06. The SMILES string of the molecule is Cc1cccc2c(N=NC(=O)C(=O)N=Nc3c(O)[nH]c4c(C)cccc34)c(O)[nH]c12. The minimum Gasteiger partial charge on any atom is -0.493 e. The molecule has 0 aliphatic rings. The second-order valence-corrected chi connectivity index (χ2v) is 6.65. The number of aromatic amines is 2. The van der Waals surface area contributed by atoms with Crippen LogP contribution < -0.4 is 0 Å². The van der Waals surface area contributed by atoms with Crippen molar-refractivity contribution in [2.75, 3.05) is 0 Å². The first-order valence-corrected chi connectivity index (χ1v) is 8.89. The van der Waals surface area contributed by atoms with Gasteiger partial charge in [-0.1, -0.05) is 36.4 Å². The average Bonchev–Trinajstić information content (AvgIpc) is 3.22. The maximum atomic E-state index is 12.0. The molecular formula is C20H16N6O4. The highest BCUT2D eigenvalue weighted by Gasteiger charge is 2.17. The van der Waals surface area contributed by atoms with Crippen molar-refractivity contribution >= 4 is 45.0 Å². The van der Waals surface area contributed by atoms with Crippen molar-refractivity contribution in [3.05, 3.63) is 47.5 Å². The quantitative estimate of drug-likeness (QED) is 0.284. The van der Waals surface area contributed by atoms with E-state index in [0.717, 1.165) is 11.1 Å². The van der Waals surface area contributed by atoms with E-state index in [1.807, 2.05) is 26.0 Å². The van der Waals surface area contributed by atoms with Crippen LogP contribution in [-0.4, -0.2) is 32.0 Å². The average molecular weight is 404 g/mol. The van der Waals surface area contributed by atoms with Gasteiger partial charge in [-0.2, -0.15) is 0 Å². The number of nitrogens with zero attached hydrogens (tertiary/aromatic N) is 4. The first-order valence-electron chi connectivity index (χ1n) is 8.89. The Kier molecular flexibility index (Phi) is 4.59. The van der Waals surface area contributed by atoms with Gasteiger partial charge in [0.15, 0.2) is 11.4 Å². The van der Waals surface area contributed by atoms with Crippen molar-refractivity contribution in [1.82, 2.24) is 9.97 Å². The molecule has 2 aromatic heterocycles. The minimum absolute atomic E-state index is 0.0385. The van der Waals surface area contributed by atoms with Crippen molar-refractivity contribution in [2.24, 2.45) is 20.5 Å². The fraction of sp³-hybridized carbons (Fsp3) is 0.100. The van der Waals surface area contributed by atoms with Gasteiger partial charge in [0.05, 0.1) is 11.0 Å². The van der Waals surface area contributed by atoms with Crippen LogP contribution in [0.2, 0.25) is 0 Å². The van der Waals surface area contributed by atoms with Crippen LogP contribution in [0.25, 0.3) is 21.8 Å². The zero-order valence-electron chi connectivity index (χ0n) is 16.0. The third kappa shape index (κ3) is 3.20. The van der Waals surface area contributed by atoms with Gasteiger partial charge in [0.1, 0.15) is 0 Å². The topological polar surface area (TPSA) is 156 Å². The number of hydrogen-bond donors (Lipinski definition) is 4. The fourth-order valence-corrected chi connectivity index (χ4v) is 3.15. The molecular weight excluding hydrogens is 388 g/mol. The Labute approximate surface area is 169 Å². The summed E-state index contributed by atoms with van der Waals surface area (Å²) in [5, 5.41) is 35.2. The summed E-state index contributed by atoms with van der Waals surface area (Å²) < 4.78 is 0. The number of para-hydroxylation sites is 2. The number of nitrogens with one attached hydrogen (secondary N) is 2. The molecule has 0 spiro atoms. The summed E-state index contributed by atoms with van der Waals surface area (Å²) >= 11 is 0. The van der Waals surface area contributed by atoms with Crippen LogP contribution in [0.1, 0.15) is 11.1 Å². The number of carbonyl (C=O) groups excluding carboxylic acids is 2. The number of rotatable bonds is 2. The van der Waals surface area contributed by atoms with E-state index in [4.69, 9.17) is 0 Å². The molecule has 4 N–H and O–H groups in total. The zero-order valence-corrected chi connectivity index (χ0v) is 16.0. The molecule has 0 fully saturated rings. The van der Waals surface area contributed by atoms with Crippen molar-refractivity contribution in [3.8, 4) is 11.8 Å². The number of hydrogen-bond acceptors (Lipinski definition) is 6. The van der Waals surface area contributed by atoms with Crippen LogP contribution in [0.15, 0.2) is 56.9 Å². The van der Waals surface area contributed by atoms with Gasteiger partial charge in [0.25, 0.3) is 0 Å². The Bertz CT molecular complexity index is 1270. The van der Waals surface area contributed by atoms with Gasteiger partial charge >= 0.3 is 11.8 Å². The summed E-state index contributed by atoms with van der Waals surface area (Å²) in [6.07, 6.45) is 0. The molecule has 30 heavy (non-hydrogen) atoms. The van der Waals surface area contributed by atoms with Crippen LogP contribution in [0.4, 0.5) is 11.4 Å². The predicted molar refractivity (Wildman–Crippen MR) is 108 cm³/mol. The third-order valence-electron chi connectivity index (χ3n) is 4.66. The molecule has 0 unspecified atom stereocenters. The number of aromatic hydroxyl groups is 2. The smallest absolute Gasteiger partial charge is 0.357 e. The van der Waals surface area contributed by atoms with Crippen molar-refractivity contribution in [3.63, 3.8) is 0 Å². The van der Waals surface area contributed by atoms with Crippen LogP contribution in [0.3, 0.4) is 0 Å². The molecule has 0 saturated heterocycles. The van der Waals surface area contributed by atoms with E-state index in [-0.39, 0.29) is 23.1 Å². The van der Waals surface area contributed by atoms with Gasteiger partial charge in [-0.3, -0.25) is 9.59 Å². The molecule has 0 atom stereocenters. The number of azo groups is 2. The third-order valence-corrected chi connectivity index (χ3v) is 4.66. The van der Waals surface area contributed by atoms with Crippen molar-refractivity contribution < 1.29 is 19.8 Å². The van der Waals surface area contributed by atoms with Gasteiger partial charge in [0.2, 0.25) is 11.8 Å². The number of amides is 2. The second kappa shape index (κ2) is 7.24. The second-order valence-electron chi connectivity index (χ2n) is 6.65. The molecule has 10 nitrogen and oxygen atoms in total. The van der Waals surface area contributed by atoms with Gasteiger partial charge in [0, 0.05) is 10.8 Å². The van der Waals surface area contributed by atoms with Gasteiger partial charge in [-0.25, -0.2) is 0 Å². The number of aromatic nitrogens is 2. The van der Waals surface area contributed by atoms with Crippen LogP contribution in [0, 0.1) is 13.8 Å². The summed E-state index contributed by atoms with van der Waals surface area (Å²) in [5.74, 6) is -3.08. The summed E-state index contributed by atoms with van der Waals surface area (Å²) in [5.41, 5.74) is 3.11. The molecule has 0 bridgehead atoms. The lowest BCUT2D eigenvalue weighted by molar-refractivity contribution is -0.135. The summed E-state index contributed by atoms with van der Waals surface area (Å²) in [4.78, 5) is 29.5. The van der Waals surface area contributed by atoms with E-state index < -0.39 is 11.8 Å². The summed E-state index contributed by atoms with van der Waals surface area (Å²) in [6.45, 7) is 3.69. The highest BCUT2D eigenvalue weighted by atomic mass is 16.3. The van der Waals surface area contributed by atoms with Gasteiger partial charge in [-0.05, 0) is 25.0 Å². The highest BCUT2D eigenvalue weighted by Crippen LogP contribution is 2.37. The zero-order chi connectivity index (χ0) is 21.4. The number of aryl methyl sites for hydroxylation is 2. The van der Waals surface area contributed by atoms with Gasteiger partial charge < -0.3 is 20.2 Å². The molecule has 10 heteroatoms. The molecule has 2 heterocycles. The number of H-pyrrole nitrogens is 2. The normalized spacial score (nSPS) is 11.9. The molecule has 2 amide bonds. The number of benzene rings is 2. The first-order chi connectivity index (χ1) is 14.4. The summed E-state index contributed by atoms with van der Waals surface area (Å²) in [6, 6.07) is 10.6. The van der Waals surface area contributed by atoms with E-state index in [0.29, 0.717) is 21.8 Å². The van der Waals surface area contributed by atoms with Gasteiger partial charge in [-0.15, -0.1) is 20.5 Å². The Morgan fingerprint density at radius 3 is 1.53 bits per heavy atom. The molecule has 0 radical (unpaired) electrons. The molecule has 0 aliphatic heterocycles. The maximum Gasteiger partial charge on any atom is 0.357 e. The Balaban J connectivity index is 1.58. The largest absolute Gasteiger partial charge is 0.493 e. The van der Waals surface area contributed by atoms with Crippen LogP contribution in [-0.2, 0) is 9.59 Å². The maximum absolute atomic E-state index is 12.0. The lowest BCUT2D eigenvalue weighted by Gasteiger charge is -1.94. The van der Waals surface area contributed by atoms with Crippen molar-refractivity contribution in [1.29, 1.82) is 0 Å². The monoisotopic (exact) mass is 404 g/mol. The fourth-order valence-electron chi connectivity index (χ4n) is 3.15. The molecule has 0 aliphatic carbocycles.